The highest BCUT2D eigenvalue weighted by Crippen LogP contribution is 2.25. The molecule has 0 atom stereocenters. The van der Waals surface area contributed by atoms with E-state index < -0.39 is 0 Å². The molecule has 1 aliphatic rings. The van der Waals surface area contributed by atoms with Gasteiger partial charge in [0.25, 0.3) is 0 Å². The lowest BCUT2D eigenvalue weighted by Crippen LogP contribution is -2.28. The maximum absolute atomic E-state index is 9.84. The third-order valence-corrected chi connectivity index (χ3v) is 4.60. The molecule has 3 rings (SSSR count). The summed E-state index contributed by atoms with van der Waals surface area (Å²) in [5.74, 6) is 1.48. The van der Waals surface area contributed by atoms with Crippen LogP contribution in [0.3, 0.4) is 0 Å². The molecule has 0 aromatic heterocycles. The Morgan fingerprint density at radius 2 is 1.75 bits per heavy atom. The van der Waals surface area contributed by atoms with E-state index >= 15 is 0 Å². The Kier molecular flexibility index (Phi) is 10.9. The molecule has 2 aromatic carbocycles. The third-order valence-electron chi connectivity index (χ3n) is 4.60. The Balaban J connectivity index is 0.000000489. The van der Waals surface area contributed by atoms with E-state index in [4.69, 9.17) is 4.74 Å². The fourth-order valence-electron chi connectivity index (χ4n) is 3.06. The fourth-order valence-corrected chi connectivity index (χ4v) is 3.06. The van der Waals surface area contributed by atoms with Gasteiger partial charge in [-0.25, -0.2) is 0 Å². The average Bonchev–Trinajstić information content (AvgIpc) is 2.59. The number of aryl methyl sites for hydroxylation is 3. The second-order valence-electron chi connectivity index (χ2n) is 7.32. The van der Waals surface area contributed by atoms with E-state index in [0.29, 0.717) is 12.5 Å². The summed E-state index contributed by atoms with van der Waals surface area (Å²) in [4.78, 5) is 4.33. The van der Waals surface area contributed by atoms with Crippen LogP contribution in [0.25, 0.3) is 0 Å². The number of phenolic OH excluding ortho intramolecular Hbond substituents is 1. The van der Waals surface area contributed by atoms with Gasteiger partial charge in [0.1, 0.15) is 18.2 Å². The average molecular weight is 389 g/mol. The van der Waals surface area contributed by atoms with Crippen molar-refractivity contribution in [3.05, 3.63) is 58.1 Å². The second kappa shape index (κ2) is 11.7. The van der Waals surface area contributed by atoms with Crippen molar-refractivity contribution in [1.29, 1.82) is 0 Å². The summed E-state index contributed by atoms with van der Waals surface area (Å²) in [6.45, 7) is 11.7. The molecule has 0 amide bonds. The minimum atomic E-state index is 0. The molecule has 0 saturated heterocycles. The number of phenols is 1. The van der Waals surface area contributed by atoms with Crippen LogP contribution >= 0.6 is 0 Å². The number of hydrogen-bond donors (Lipinski definition) is 1. The summed E-state index contributed by atoms with van der Waals surface area (Å²) < 4.78 is 5.52. The normalized spacial score (nSPS) is 12.7. The molecule has 158 valence electrons. The molecule has 0 bridgehead atoms. The van der Waals surface area contributed by atoms with Crippen LogP contribution < -0.4 is 4.74 Å². The molecule has 1 heterocycles. The van der Waals surface area contributed by atoms with E-state index in [9.17, 15) is 5.11 Å². The Labute approximate surface area is 172 Å². The smallest absolute Gasteiger partial charge is 0.142 e. The van der Waals surface area contributed by atoms with Crippen molar-refractivity contribution in [1.82, 2.24) is 9.80 Å². The van der Waals surface area contributed by atoms with Gasteiger partial charge in [0.2, 0.25) is 0 Å². The van der Waals surface area contributed by atoms with Crippen LogP contribution in [0.1, 0.15) is 49.6 Å². The molecule has 4 nitrogen and oxygen atoms in total. The number of nitrogens with zero attached hydrogens (tertiary/aromatic N) is 2. The lowest BCUT2D eigenvalue weighted by Gasteiger charge is -2.25. The van der Waals surface area contributed by atoms with Gasteiger partial charge in [0, 0.05) is 24.2 Å². The largest absolute Gasteiger partial charge is 0.507 e. The van der Waals surface area contributed by atoms with E-state index in [0.717, 1.165) is 36.5 Å². The van der Waals surface area contributed by atoms with Crippen molar-refractivity contribution >= 4 is 0 Å². The van der Waals surface area contributed by atoms with Crippen LogP contribution in [0.5, 0.6) is 11.5 Å². The van der Waals surface area contributed by atoms with Crippen LogP contribution in [0.4, 0.5) is 0 Å². The van der Waals surface area contributed by atoms with Gasteiger partial charge in [-0.2, -0.15) is 0 Å². The van der Waals surface area contributed by atoms with E-state index in [1.807, 2.05) is 13.0 Å². The van der Waals surface area contributed by atoms with E-state index in [1.54, 1.807) is 0 Å². The van der Waals surface area contributed by atoms with E-state index in [1.165, 1.54) is 16.7 Å². The van der Waals surface area contributed by atoms with Crippen LogP contribution in [0.2, 0.25) is 0 Å². The van der Waals surface area contributed by atoms with Gasteiger partial charge in [-0.1, -0.05) is 57.2 Å². The fraction of sp³-hybridized carbons (Fsp3) is 0.500. The quantitative estimate of drug-likeness (QED) is 0.752. The zero-order valence-corrected chi connectivity index (χ0v) is 17.0. The number of aromatic hydroxyl groups is 1. The highest BCUT2D eigenvalue weighted by atomic mass is 16.5. The molecular weight excluding hydrogens is 348 g/mol. The summed E-state index contributed by atoms with van der Waals surface area (Å²) in [7, 11) is 4.11. The van der Waals surface area contributed by atoms with Gasteiger partial charge in [0.05, 0.1) is 0 Å². The van der Waals surface area contributed by atoms with E-state index in [-0.39, 0.29) is 14.9 Å². The highest BCUT2D eigenvalue weighted by molar-refractivity contribution is 5.42. The molecule has 28 heavy (non-hydrogen) atoms. The lowest BCUT2D eigenvalue weighted by atomic mass is 10.1. The van der Waals surface area contributed by atoms with Crippen LogP contribution in [0, 0.1) is 20.8 Å². The Morgan fingerprint density at radius 1 is 1.07 bits per heavy atom. The SMILES string of the molecule is C.C.CCN(C)Cc1cc(C)cc(C)c1O.Cc1ccc2c(c1)CN(C)CO2. The highest BCUT2D eigenvalue weighted by Gasteiger charge is 2.13. The first-order chi connectivity index (χ1) is 12.3. The molecular formula is C24H40N2O2. The molecule has 2 aromatic rings. The zero-order valence-electron chi connectivity index (χ0n) is 17.0. The van der Waals surface area contributed by atoms with Crippen LogP contribution in [-0.2, 0) is 13.1 Å². The predicted octanol–water partition coefficient (Wildman–Crippen LogP) is 5.51. The molecule has 4 heteroatoms. The van der Waals surface area contributed by atoms with Gasteiger partial charge in [-0.3, -0.25) is 4.90 Å². The first kappa shape index (κ1) is 26.0. The van der Waals surface area contributed by atoms with Crippen molar-refractivity contribution in [2.45, 2.75) is 55.6 Å². The third kappa shape index (κ3) is 7.17. The zero-order chi connectivity index (χ0) is 19.3. The standard InChI is InChI=1S/C12H19NO.C10H13NO.2CH4/c1-5-13(4)8-11-7-9(2)6-10(3)12(11)14;1-8-3-4-10-9(5-8)6-11(2)7-12-10;;/h6-7,14H,5,8H2,1-4H3;3-5H,6-7H2,1-2H3;2*1H4. The van der Waals surface area contributed by atoms with Gasteiger partial charge in [-0.15, -0.1) is 0 Å². The summed E-state index contributed by atoms with van der Waals surface area (Å²) in [6, 6.07) is 10.4. The number of benzene rings is 2. The maximum atomic E-state index is 9.84. The minimum Gasteiger partial charge on any atom is -0.507 e. The molecule has 1 aliphatic heterocycles. The van der Waals surface area contributed by atoms with Gasteiger partial charge >= 0.3 is 0 Å². The van der Waals surface area contributed by atoms with Gasteiger partial charge < -0.3 is 14.7 Å². The summed E-state index contributed by atoms with van der Waals surface area (Å²) in [5.41, 5.74) is 5.78. The van der Waals surface area contributed by atoms with Crippen molar-refractivity contribution in [3.63, 3.8) is 0 Å². The molecule has 0 unspecified atom stereocenters. The van der Waals surface area contributed by atoms with Crippen molar-refractivity contribution in [3.8, 4) is 11.5 Å². The Hall–Kier alpha value is -2.04. The predicted molar refractivity (Wildman–Crippen MR) is 121 cm³/mol. The van der Waals surface area contributed by atoms with Crippen LogP contribution in [0.15, 0.2) is 30.3 Å². The summed E-state index contributed by atoms with van der Waals surface area (Å²) >= 11 is 0. The van der Waals surface area contributed by atoms with Crippen molar-refractivity contribution < 1.29 is 9.84 Å². The monoisotopic (exact) mass is 388 g/mol. The molecule has 0 fully saturated rings. The van der Waals surface area contributed by atoms with Gasteiger partial charge in [-0.05, 0) is 53.0 Å². The first-order valence-electron chi connectivity index (χ1n) is 9.18. The topological polar surface area (TPSA) is 35.9 Å². The summed E-state index contributed by atoms with van der Waals surface area (Å²) in [6.07, 6.45) is 0. The number of fused-ring (bicyclic) bond motifs is 1. The van der Waals surface area contributed by atoms with Crippen LogP contribution in [-0.4, -0.2) is 42.3 Å². The molecule has 0 radical (unpaired) electrons. The van der Waals surface area contributed by atoms with Crippen molar-refractivity contribution in [2.75, 3.05) is 27.4 Å². The molecule has 0 aliphatic carbocycles. The number of rotatable bonds is 3. The molecule has 0 saturated carbocycles. The number of ether oxygens (including phenoxy) is 1. The minimum absolute atomic E-state index is 0. The molecule has 0 spiro atoms. The lowest BCUT2D eigenvalue weighted by molar-refractivity contribution is 0.121. The second-order valence-corrected chi connectivity index (χ2v) is 7.32. The first-order valence-corrected chi connectivity index (χ1v) is 9.18. The number of hydrogen-bond acceptors (Lipinski definition) is 4. The molecule has 1 N–H and O–H groups in total. The van der Waals surface area contributed by atoms with Crippen molar-refractivity contribution in [2.24, 2.45) is 0 Å². The Bertz CT molecular complexity index is 744. The van der Waals surface area contributed by atoms with Gasteiger partial charge in [0.15, 0.2) is 0 Å². The maximum Gasteiger partial charge on any atom is 0.142 e. The van der Waals surface area contributed by atoms with E-state index in [2.05, 4.69) is 68.9 Å². The Morgan fingerprint density at radius 3 is 2.39 bits per heavy atom. The summed E-state index contributed by atoms with van der Waals surface area (Å²) in [5, 5.41) is 9.84.